The molecule has 0 spiro atoms. The maximum absolute atomic E-state index is 14.0. The molecule has 1 aliphatic heterocycles. The smallest absolute Gasteiger partial charge is 0.410 e. The zero-order valence-corrected chi connectivity index (χ0v) is 13.6. The van der Waals surface area contributed by atoms with Crippen LogP contribution in [0.3, 0.4) is 0 Å². The van der Waals surface area contributed by atoms with Crippen LogP contribution in [0.5, 0.6) is 0 Å². The third kappa shape index (κ3) is 4.39. The molecule has 0 aliphatic carbocycles. The molecule has 6 heteroatoms. The monoisotopic (exact) mass is 329 g/mol. The molecule has 1 aromatic rings. The molecule has 0 aromatic heterocycles. The van der Waals surface area contributed by atoms with Crippen LogP contribution in [0, 0.1) is 5.82 Å². The van der Waals surface area contributed by atoms with Crippen molar-refractivity contribution in [2.24, 2.45) is 0 Å². The lowest BCUT2D eigenvalue weighted by Crippen LogP contribution is -2.52. The van der Waals surface area contributed by atoms with E-state index in [1.165, 1.54) is 12.1 Å². The summed E-state index contributed by atoms with van der Waals surface area (Å²) in [5.74, 6) is -0.842. The van der Waals surface area contributed by atoms with Gasteiger partial charge in [-0.25, -0.2) is 18.0 Å². The van der Waals surface area contributed by atoms with Gasteiger partial charge >= 0.3 is 6.09 Å². The highest BCUT2D eigenvalue weighted by molar-refractivity contribution is 5.69. The Bertz CT molecular complexity index is 569. The second-order valence-electron chi connectivity index (χ2n) is 6.78. The van der Waals surface area contributed by atoms with Gasteiger partial charge in [-0.15, -0.1) is 0 Å². The van der Waals surface area contributed by atoms with Gasteiger partial charge in [0.15, 0.2) is 0 Å². The Labute approximate surface area is 134 Å². The Morgan fingerprint density at radius 2 is 2.09 bits per heavy atom. The van der Waals surface area contributed by atoms with Crippen LogP contribution in [-0.2, 0) is 11.2 Å². The molecule has 1 atom stereocenters. The fourth-order valence-electron chi connectivity index (χ4n) is 2.59. The first kappa shape index (κ1) is 17.6. The topological polar surface area (TPSA) is 29.5 Å². The predicted molar refractivity (Wildman–Crippen MR) is 81.0 cm³/mol. The van der Waals surface area contributed by atoms with E-state index in [0.717, 1.165) is 12.5 Å². The van der Waals surface area contributed by atoms with Crippen LogP contribution in [0.15, 0.2) is 18.2 Å². The normalized spacial score (nSPS) is 18.0. The number of ether oxygens (including phenoxy) is 1. The highest BCUT2D eigenvalue weighted by Gasteiger charge is 2.35. The summed E-state index contributed by atoms with van der Waals surface area (Å²) < 4.78 is 44.7. The van der Waals surface area contributed by atoms with Crippen molar-refractivity contribution in [3.8, 4) is 0 Å². The maximum atomic E-state index is 14.0. The number of carbonyl (C=O) groups excluding carboxylic acids is 1. The summed E-state index contributed by atoms with van der Waals surface area (Å²) in [6.45, 7) is 6.00. The van der Waals surface area contributed by atoms with Gasteiger partial charge in [0, 0.05) is 12.6 Å². The fourth-order valence-corrected chi connectivity index (χ4v) is 2.59. The first-order valence-corrected chi connectivity index (χ1v) is 7.74. The molecule has 2 rings (SSSR count). The molecule has 1 fully saturated rings. The second kappa shape index (κ2) is 6.81. The Hall–Kier alpha value is -1.72. The molecular formula is C17H22F3NO2. The first-order valence-electron chi connectivity index (χ1n) is 7.74. The molecule has 0 radical (unpaired) electrons. The number of nitrogens with zero attached hydrogens (tertiary/aromatic N) is 1. The number of carbonyl (C=O) groups is 1. The number of likely N-dealkylation sites (tertiary alicyclic amines) is 1. The molecule has 1 aliphatic rings. The number of hydrogen-bond acceptors (Lipinski definition) is 2. The summed E-state index contributed by atoms with van der Waals surface area (Å²) in [7, 11) is 0. The molecule has 1 unspecified atom stereocenters. The van der Waals surface area contributed by atoms with Gasteiger partial charge in [-0.2, -0.15) is 0 Å². The average Bonchev–Trinajstić information content (AvgIpc) is 2.36. The summed E-state index contributed by atoms with van der Waals surface area (Å²) in [6, 6.07) is 4.02. The first-order chi connectivity index (χ1) is 10.7. The summed E-state index contributed by atoms with van der Waals surface area (Å²) in [5.41, 5.74) is -0.867. The van der Waals surface area contributed by atoms with Gasteiger partial charge < -0.3 is 9.64 Å². The van der Waals surface area contributed by atoms with Crippen molar-refractivity contribution in [1.29, 1.82) is 0 Å². The Morgan fingerprint density at radius 3 is 2.61 bits per heavy atom. The number of rotatable bonds is 4. The van der Waals surface area contributed by atoms with E-state index < -0.39 is 23.4 Å². The van der Waals surface area contributed by atoms with E-state index in [4.69, 9.17) is 4.74 Å². The Kier molecular flexibility index (Phi) is 5.22. The minimum atomic E-state index is -2.82. The molecule has 1 amide bonds. The van der Waals surface area contributed by atoms with Gasteiger partial charge in [0.1, 0.15) is 11.4 Å². The number of hydrogen-bond donors (Lipinski definition) is 0. The van der Waals surface area contributed by atoms with Gasteiger partial charge in [-0.05, 0) is 45.6 Å². The predicted octanol–water partition coefficient (Wildman–Crippen LogP) is 4.71. The highest BCUT2D eigenvalue weighted by atomic mass is 19.3. The van der Waals surface area contributed by atoms with Crippen LogP contribution in [0.4, 0.5) is 18.0 Å². The fraction of sp³-hybridized carbons (Fsp3) is 0.588. The number of aryl methyl sites for hydroxylation is 1. The van der Waals surface area contributed by atoms with Gasteiger partial charge in [0.05, 0.1) is 5.56 Å². The van der Waals surface area contributed by atoms with Gasteiger partial charge in [-0.1, -0.05) is 18.2 Å². The molecule has 128 valence electrons. The van der Waals surface area contributed by atoms with E-state index in [9.17, 15) is 18.0 Å². The van der Waals surface area contributed by atoms with Crippen molar-refractivity contribution in [3.63, 3.8) is 0 Å². The summed E-state index contributed by atoms with van der Waals surface area (Å²) in [6.07, 6.45) is -1.54. The van der Waals surface area contributed by atoms with E-state index in [2.05, 4.69) is 0 Å². The Balaban J connectivity index is 1.94. The number of amides is 1. The maximum Gasteiger partial charge on any atom is 0.410 e. The SMILES string of the molecule is CC(C)(C)OC(=O)N1CCC1CCc1cccc(C(F)F)c1F. The average molecular weight is 329 g/mol. The minimum Gasteiger partial charge on any atom is -0.444 e. The van der Waals surface area contributed by atoms with Gasteiger partial charge in [-0.3, -0.25) is 0 Å². The van der Waals surface area contributed by atoms with Crippen molar-refractivity contribution in [2.45, 2.75) is 58.1 Å². The molecule has 0 N–H and O–H groups in total. The number of halogens is 3. The molecule has 23 heavy (non-hydrogen) atoms. The molecule has 1 heterocycles. The van der Waals surface area contributed by atoms with E-state index >= 15 is 0 Å². The Morgan fingerprint density at radius 1 is 1.39 bits per heavy atom. The zero-order chi connectivity index (χ0) is 17.2. The van der Waals surface area contributed by atoms with Crippen LogP contribution < -0.4 is 0 Å². The molecular weight excluding hydrogens is 307 g/mol. The van der Waals surface area contributed by atoms with Crippen LogP contribution >= 0.6 is 0 Å². The van der Waals surface area contributed by atoms with E-state index in [-0.39, 0.29) is 17.7 Å². The van der Waals surface area contributed by atoms with Crippen molar-refractivity contribution in [1.82, 2.24) is 4.90 Å². The quantitative estimate of drug-likeness (QED) is 0.801. The summed E-state index contributed by atoms with van der Waals surface area (Å²) >= 11 is 0. The van der Waals surface area contributed by atoms with Crippen molar-refractivity contribution >= 4 is 6.09 Å². The molecule has 0 bridgehead atoms. The van der Waals surface area contributed by atoms with Crippen LogP contribution in [-0.4, -0.2) is 29.2 Å². The molecule has 0 saturated carbocycles. The third-order valence-electron chi connectivity index (χ3n) is 3.86. The standard InChI is InChI=1S/C17H22F3NO2/c1-17(2,3)23-16(22)21-10-9-12(21)8-7-11-5-4-6-13(14(11)18)15(19)20/h4-6,12,15H,7-10H2,1-3H3. The zero-order valence-electron chi connectivity index (χ0n) is 13.6. The second-order valence-corrected chi connectivity index (χ2v) is 6.78. The summed E-state index contributed by atoms with van der Waals surface area (Å²) in [4.78, 5) is 13.6. The van der Waals surface area contributed by atoms with Crippen molar-refractivity contribution < 1.29 is 22.7 Å². The lowest BCUT2D eigenvalue weighted by Gasteiger charge is -2.41. The lowest BCUT2D eigenvalue weighted by molar-refractivity contribution is -0.00658. The van der Waals surface area contributed by atoms with Gasteiger partial charge in [0.2, 0.25) is 0 Å². The van der Waals surface area contributed by atoms with Crippen molar-refractivity contribution in [3.05, 3.63) is 35.1 Å². The minimum absolute atomic E-state index is 0.0283. The molecule has 1 saturated heterocycles. The third-order valence-corrected chi connectivity index (χ3v) is 3.86. The van der Waals surface area contributed by atoms with E-state index in [0.29, 0.717) is 19.4 Å². The number of alkyl halides is 2. The lowest BCUT2D eigenvalue weighted by atomic mass is 9.95. The molecule has 3 nitrogen and oxygen atoms in total. The molecule has 1 aromatic carbocycles. The van der Waals surface area contributed by atoms with Gasteiger partial charge in [0.25, 0.3) is 6.43 Å². The van der Waals surface area contributed by atoms with Crippen LogP contribution in [0.25, 0.3) is 0 Å². The van der Waals surface area contributed by atoms with E-state index in [1.54, 1.807) is 25.7 Å². The van der Waals surface area contributed by atoms with Crippen LogP contribution in [0.2, 0.25) is 0 Å². The number of benzene rings is 1. The van der Waals surface area contributed by atoms with Crippen LogP contribution in [0.1, 0.15) is 51.2 Å². The largest absolute Gasteiger partial charge is 0.444 e. The highest BCUT2D eigenvalue weighted by Crippen LogP contribution is 2.28. The van der Waals surface area contributed by atoms with Crippen molar-refractivity contribution in [2.75, 3.05) is 6.54 Å². The van der Waals surface area contributed by atoms with E-state index in [1.807, 2.05) is 0 Å². The summed E-state index contributed by atoms with van der Waals surface area (Å²) in [5, 5.41) is 0.